The summed E-state index contributed by atoms with van der Waals surface area (Å²) in [6.07, 6.45) is 4.35. The van der Waals surface area contributed by atoms with Crippen LogP contribution < -0.4 is 0 Å². The maximum absolute atomic E-state index is 2.65. The monoisotopic (exact) mass is 460 g/mol. The first-order valence-electron chi connectivity index (χ1n) is 11.6. The van der Waals surface area contributed by atoms with Gasteiger partial charge in [-0.2, -0.15) is 0 Å². The Labute approximate surface area is 186 Å². The first-order valence-corrected chi connectivity index (χ1v) is 26.2. The zero-order chi connectivity index (χ0) is 20.9. The van der Waals surface area contributed by atoms with E-state index in [-0.39, 0.29) is 0 Å². The van der Waals surface area contributed by atoms with Crippen molar-refractivity contribution in [2.45, 2.75) is 95.0 Å². The summed E-state index contributed by atoms with van der Waals surface area (Å²) in [6, 6.07) is 9.56. The standard InChI is InChI=1S/C16H21Si.2C4H11Si.Sc/c1-17(2,3)16-14-10-6-4-8-12(14)13-9-5-7-11-15(13)16;2*1-5(2,3)4;/h4,6,8,10-11,16H,5,7,9H2,1-3H3;2*1H2,2-4H3;. The van der Waals surface area contributed by atoms with Crippen LogP contribution in [0.5, 0.6) is 0 Å². The van der Waals surface area contributed by atoms with E-state index in [1.165, 1.54) is 19.3 Å². The van der Waals surface area contributed by atoms with Crippen molar-refractivity contribution in [2.24, 2.45) is 0 Å². The van der Waals surface area contributed by atoms with Gasteiger partial charge in [-0.15, -0.1) is 0 Å². The van der Waals surface area contributed by atoms with E-state index in [2.05, 4.69) is 83.2 Å². The molecule has 0 saturated carbocycles. The second-order valence-corrected chi connectivity index (χ2v) is 36.9. The Morgan fingerprint density at radius 1 is 0.857 bits per heavy atom. The summed E-state index contributed by atoms with van der Waals surface area (Å²) in [7, 11) is -3.30. The molecule has 0 aromatic heterocycles. The van der Waals surface area contributed by atoms with E-state index in [0.29, 0.717) is 0 Å². The minimum absolute atomic E-state index is 0.806. The molecule has 2 aliphatic rings. The third kappa shape index (κ3) is 5.20. The molecule has 0 nitrogen and oxygen atoms in total. The molecule has 0 N–H and O–H groups in total. The third-order valence-electron chi connectivity index (χ3n) is 6.78. The molecule has 0 aliphatic heterocycles. The van der Waals surface area contributed by atoms with E-state index >= 15 is 0 Å². The fourth-order valence-corrected chi connectivity index (χ4v) is 35.3. The van der Waals surface area contributed by atoms with Crippen molar-refractivity contribution >= 4 is 29.8 Å². The Morgan fingerprint density at radius 3 is 1.96 bits per heavy atom. The quantitative estimate of drug-likeness (QED) is 0.373. The molecule has 0 radical (unpaired) electrons. The van der Waals surface area contributed by atoms with Gasteiger partial charge in [0.2, 0.25) is 0 Å². The Morgan fingerprint density at radius 2 is 1.43 bits per heavy atom. The van der Waals surface area contributed by atoms with E-state index < -0.39 is 45.7 Å². The van der Waals surface area contributed by atoms with Gasteiger partial charge in [0, 0.05) is 0 Å². The molecule has 28 heavy (non-hydrogen) atoms. The van der Waals surface area contributed by atoms with Gasteiger partial charge in [0.15, 0.2) is 0 Å². The molecule has 1 aromatic carbocycles. The zero-order valence-electron chi connectivity index (χ0n) is 20.1. The Hall–Kier alpha value is 0.481. The number of hydrogen-bond donors (Lipinski definition) is 0. The van der Waals surface area contributed by atoms with Crippen molar-refractivity contribution in [2.75, 3.05) is 0 Å². The average Bonchev–Trinajstić information content (AvgIpc) is 2.86. The van der Waals surface area contributed by atoms with Crippen LogP contribution in [0.15, 0.2) is 29.8 Å². The first kappa shape index (κ1) is 23.2. The third-order valence-corrected chi connectivity index (χ3v) is 31.9. The van der Waals surface area contributed by atoms with Crippen LogP contribution >= 0.6 is 0 Å². The molecule has 0 amide bonds. The summed E-state index contributed by atoms with van der Waals surface area (Å²) in [5.74, 6) is 0. The molecule has 0 bridgehead atoms. The van der Waals surface area contributed by atoms with E-state index in [0.717, 1.165) is 9.22 Å². The predicted octanol–water partition coefficient (Wildman–Crippen LogP) is 8.60. The molecule has 154 valence electrons. The van der Waals surface area contributed by atoms with Crippen molar-refractivity contribution in [3.63, 3.8) is 0 Å². The van der Waals surface area contributed by atoms with Crippen LogP contribution in [-0.4, -0.2) is 24.2 Å². The first-order chi connectivity index (χ1) is 12.8. The molecular formula is C24H43ScSi3. The number of rotatable bonds is 6. The molecule has 0 spiro atoms. The molecule has 4 heteroatoms. The van der Waals surface area contributed by atoms with Crippen LogP contribution in [0.3, 0.4) is 0 Å². The van der Waals surface area contributed by atoms with Crippen LogP contribution in [0.1, 0.15) is 35.9 Å². The normalized spacial score (nSPS) is 22.9. The molecule has 0 fully saturated rings. The van der Waals surface area contributed by atoms with Crippen molar-refractivity contribution in [1.29, 1.82) is 0 Å². The average molecular weight is 461 g/mol. The van der Waals surface area contributed by atoms with Crippen LogP contribution in [0.4, 0.5) is 0 Å². The van der Waals surface area contributed by atoms with Gasteiger partial charge in [-0.25, -0.2) is 0 Å². The number of hydrogen-bond acceptors (Lipinski definition) is 0. The Balaban J connectivity index is 2.09. The van der Waals surface area contributed by atoms with Crippen LogP contribution in [0.25, 0.3) is 5.57 Å². The number of benzene rings is 1. The Bertz CT molecular complexity index is 730. The molecule has 3 rings (SSSR count). The summed E-state index contributed by atoms with van der Waals surface area (Å²) < 4.78 is 4.46. The van der Waals surface area contributed by atoms with Crippen molar-refractivity contribution < 1.29 is 21.4 Å². The molecule has 2 atom stereocenters. The van der Waals surface area contributed by atoms with E-state index in [1.54, 1.807) is 18.7 Å². The van der Waals surface area contributed by atoms with Gasteiger partial charge in [0.1, 0.15) is 0 Å². The molecule has 0 saturated heterocycles. The summed E-state index contributed by atoms with van der Waals surface area (Å²) in [4.78, 5) is 0. The van der Waals surface area contributed by atoms with E-state index in [9.17, 15) is 0 Å². The summed E-state index contributed by atoms with van der Waals surface area (Å²) in [5, 5.41) is 0. The van der Waals surface area contributed by atoms with Crippen LogP contribution in [-0.2, 0) is 21.4 Å². The second kappa shape index (κ2) is 8.20. The topological polar surface area (TPSA) is 0 Å². The molecule has 2 aliphatic carbocycles. The van der Waals surface area contributed by atoms with Gasteiger partial charge in [-0.1, -0.05) is 0 Å². The Kier molecular flexibility index (Phi) is 6.78. The van der Waals surface area contributed by atoms with Gasteiger partial charge in [0.05, 0.1) is 0 Å². The second-order valence-electron chi connectivity index (χ2n) is 13.1. The summed E-state index contributed by atoms with van der Waals surface area (Å²) in [5.41, 5.74) is 8.05. The number of fused-ring (bicyclic) bond motifs is 2. The SMILES string of the molecule is C[Si](C)(C)[CH2][Sc]([CH2][Si](C)(C)C)[CH]1CCCC2=C1C([Si](C)(C)C)c1ccccc12. The van der Waals surface area contributed by atoms with Gasteiger partial charge in [-0.05, 0) is 0 Å². The fraction of sp³-hybridized carbons (Fsp3) is 0.667. The predicted molar refractivity (Wildman–Crippen MR) is 133 cm³/mol. The van der Waals surface area contributed by atoms with Crippen molar-refractivity contribution in [3.05, 3.63) is 41.0 Å². The van der Waals surface area contributed by atoms with Gasteiger partial charge < -0.3 is 0 Å². The molecular weight excluding hydrogens is 417 g/mol. The van der Waals surface area contributed by atoms with Crippen molar-refractivity contribution in [3.8, 4) is 0 Å². The van der Waals surface area contributed by atoms with Gasteiger partial charge in [-0.3, -0.25) is 0 Å². The van der Waals surface area contributed by atoms with Crippen molar-refractivity contribution in [1.82, 2.24) is 0 Å². The molecule has 0 heterocycles. The van der Waals surface area contributed by atoms with Gasteiger partial charge >= 0.3 is 187 Å². The summed E-state index contributed by atoms with van der Waals surface area (Å²) in [6.45, 7) is 23.8. The van der Waals surface area contributed by atoms with E-state index in [4.69, 9.17) is 0 Å². The van der Waals surface area contributed by atoms with Gasteiger partial charge in [0.25, 0.3) is 0 Å². The molecule has 2 unspecified atom stereocenters. The summed E-state index contributed by atoms with van der Waals surface area (Å²) >= 11 is -1.39. The minimum atomic E-state index is -1.39. The number of allylic oxidation sites excluding steroid dienone is 2. The maximum atomic E-state index is 2.65. The van der Waals surface area contributed by atoms with Crippen LogP contribution in [0, 0.1) is 0 Å². The van der Waals surface area contributed by atoms with E-state index in [1.807, 2.05) is 11.1 Å². The fourth-order valence-electron chi connectivity index (χ4n) is 6.24. The molecule has 1 aromatic rings. The zero-order valence-corrected chi connectivity index (χ0v) is 24.9. The van der Waals surface area contributed by atoms with Crippen LogP contribution in [0.2, 0.25) is 70.2 Å².